The lowest BCUT2D eigenvalue weighted by Crippen LogP contribution is -2.38. The summed E-state index contributed by atoms with van der Waals surface area (Å²) < 4.78 is 5.68. The molecular formula is C17H20N2O3S. The van der Waals surface area contributed by atoms with E-state index in [4.69, 9.17) is 4.74 Å². The first-order chi connectivity index (χ1) is 11.2. The van der Waals surface area contributed by atoms with Gasteiger partial charge in [-0.1, -0.05) is 6.07 Å². The number of nitrogens with zero attached hydrogens (tertiary/aromatic N) is 1. The summed E-state index contributed by atoms with van der Waals surface area (Å²) in [5.41, 5.74) is 3.24. The first-order valence-corrected chi connectivity index (χ1v) is 8.74. The zero-order valence-corrected chi connectivity index (χ0v) is 13.6. The maximum atomic E-state index is 12.3. The molecule has 0 atom stereocenters. The number of carbonyl (C=O) groups excluding carboxylic acids is 1. The van der Waals surface area contributed by atoms with E-state index in [-0.39, 0.29) is 18.1 Å². The van der Waals surface area contributed by atoms with Crippen LogP contribution in [0.1, 0.15) is 41.7 Å². The lowest BCUT2D eigenvalue weighted by atomic mass is 9.93. The van der Waals surface area contributed by atoms with E-state index in [2.05, 4.69) is 10.3 Å². The van der Waals surface area contributed by atoms with Crippen molar-refractivity contribution in [2.24, 2.45) is 0 Å². The van der Waals surface area contributed by atoms with Crippen LogP contribution in [0.5, 0.6) is 5.75 Å². The lowest BCUT2D eigenvalue weighted by molar-refractivity contribution is 0.0867. The summed E-state index contributed by atoms with van der Waals surface area (Å²) in [6.45, 7) is 0.398. The highest BCUT2D eigenvalue weighted by Crippen LogP contribution is 2.20. The van der Waals surface area contributed by atoms with Crippen LogP contribution in [0.15, 0.2) is 35.2 Å². The van der Waals surface area contributed by atoms with Crippen LogP contribution in [-0.2, 0) is 6.61 Å². The number of benzene rings is 1. The molecule has 1 amide bonds. The summed E-state index contributed by atoms with van der Waals surface area (Å²) in [5, 5.41) is 14.5. The number of rotatable bonds is 5. The number of thiazole rings is 1. The molecule has 0 bridgehead atoms. The number of hydrogen-bond acceptors (Lipinski definition) is 5. The van der Waals surface area contributed by atoms with Crippen molar-refractivity contribution in [2.75, 3.05) is 0 Å². The van der Waals surface area contributed by atoms with Crippen LogP contribution in [0, 0.1) is 0 Å². The second-order valence-electron chi connectivity index (χ2n) is 5.78. The Bertz CT molecular complexity index is 637. The quantitative estimate of drug-likeness (QED) is 0.883. The van der Waals surface area contributed by atoms with E-state index < -0.39 is 0 Å². The molecule has 0 radical (unpaired) electrons. The first-order valence-electron chi connectivity index (χ1n) is 7.79. The van der Waals surface area contributed by atoms with Crippen LogP contribution >= 0.6 is 11.3 Å². The van der Waals surface area contributed by atoms with Gasteiger partial charge in [0.25, 0.3) is 5.91 Å². The summed E-state index contributed by atoms with van der Waals surface area (Å²) in [7, 11) is 0. The standard InChI is InChI=1S/C17H20N2O3S/c20-15-6-4-13(5-7-15)19-17(21)12-2-1-3-16(8-12)22-9-14-10-23-11-18-14/h1-3,8,10-11,13,15,20H,4-7,9H2,(H,19,21). The minimum Gasteiger partial charge on any atom is -0.487 e. The molecule has 1 fully saturated rings. The van der Waals surface area contributed by atoms with E-state index in [0.717, 1.165) is 31.4 Å². The number of hydrogen-bond donors (Lipinski definition) is 2. The molecule has 23 heavy (non-hydrogen) atoms. The molecule has 0 unspecified atom stereocenters. The van der Waals surface area contributed by atoms with Crippen LogP contribution in [0.25, 0.3) is 0 Å². The van der Waals surface area contributed by atoms with Crippen LogP contribution in [0.3, 0.4) is 0 Å². The van der Waals surface area contributed by atoms with E-state index in [9.17, 15) is 9.90 Å². The predicted molar refractivity (Wildman–Crippen MR) is 88.6 cm³/mol. The van der Waals surface area contributed by atoms with E-state index in [1.54, 1.807) is 17.6 Å². The summed E-state index contributed by atoms with van der Waals surface area (Å²) in [6, 6.07) is 7.32. The minimum atomic E-state index is -0.217. The molecule has 6 heteroatoms. The molecule has 1 aromatic carbocycles. The van der Waals surface area contributed by atoms with Crippen LogP contribution in [0.2, 0.25) is 0 Å². The molecule has 5 nitrogen and oxygen atoms in total. The number of aliphatic hydroxyl groups excluding tert-OH is 1. The number of ether oxygens (including phenoxy) is 1. The molecule has 1 aliphatic rings. The maximum absolute atomic E-state index is 12.3. The largest absolute Gasteiger partial charge is 0.487 e. The molecule has 0 saturated heterocycles. The Morgan fingerprint density at radius 2 is 2.17 bits per heavy atom. The number of amides is 1. The van der Waals surface area contributed by atoms with Gasteiger partial charge in [0.1, 0.15) is 12.4 Å². The van der Waals surface area contributed by atoms with Crippen LogP contribution < -0.4 is 10.1 Å². The van der Waals surface area contributed by atoms with Crippen molar-refractivity contribution < 1.29 is 14.6 Å². The number of aliphatic hydroxyl groups is 1. The average Bonchev–Trinajstić information content (AvgIpc) is 3.09. The van der Waals surface area contributed by atoms with Crippen molar-refractivity contribution in [1.82, 2.24) is 10.3 Å². The van der Waals surface area contributed by atoms with Crippen molar-refractivity contribution >= 4 is 17.2 Å². The monoisotopic (exact) mass is 332 g/mol. The molecule has 3 rings (SSSR count). The van der Waals surface area contributed by atoms with E-state index >= 15 is 0 Å². The first kappa shape index (κ1) is 16.0. The highest BCUT2D eigenvalue weighted by Gasteiger charge is 2.21. The smallest absolute Gasteiger partial charge is 0.251 e. The summed E-state index contributed by atoms with van der Waals surface area (Å²) in [5.74, 6) is 0.565. The van der Waals surface area contributed by atoms with Gasteiger partial charge in [0.15, 0.2) is 0 Å². The summed E-state index contributed by atoms with van der Waals surface area (Å²) in [4.78, 5) is 16.5. The molecule has 2 aromatic rings. The predicted octanol–water partition coefficient (Wildman–Crippen LogP) is 2.76. The molecule has 1 saturated carbocycles. The topological polar surface area (TPSA) is 71.5 Å². The highest BCUT2D eigenvalue weighted by molar-refractivity contribution is 7.07. The van der Waals surface area contributed by atoms with Gasteiger partial charge in [0, 0.05) is 17.0 Å². The van der Waals surface area contributed by atoms with E-state index in [0.29, 0.717) is 17.9 Å². The van der Waals surface area contributed by atoms with Gasteiger partial charge in [-0.3, -0.25) is 4.79 Å². The minimum absolute atomic E-state index is 0.0921. The third-order valence-corrected chi connectivity index (χ3v) is 4.63. The van der Waals surface area contributed by atoms with Crippen molar-refractivity contribution in [3.05, 3.63) is 46.4 Å². The molecular weight excluding hydrogens is 312 g/mol. The summed E-state index contributed by atoms with van der Waals surface area (Å²) in [6.07, 6.45) is 2.94. The van der Waals surface area contributed by atoms with Crippen molar-refractivity contribution in [3.63, 3.8) is 0 Å². The highest BCUT2D eigenvalue weighted by atomic mass is 32.1. The van der Waals surface area contributed by atoms with Gasteiger partial charge in [-0.2, -0.15) is 0 Å². The van der Waals surface area contributed by atoms with Gasteiger partial charge < -0.3 is 15.2 Å². The van der Waals surface area contributed by atoms with Gasteiger partial charge in [0.05, 0.1) is 17.3 Å². The number of carbonyl (C=O) groups is 1. The number of nitrogens with one attached hydrogen (secondary N) is 1. The van der Waals surface area contributed by atoms with Gasteiger partial charge in [-0.25, -0.2) is 4.98 Å². The molecule has 0 aliphatic heterocycles. The zero-order valence-electron chi connectivity index (χ0n) is 12.8. The SMILES string of the molecule is O=C(NC1CCC(O)CC1)c1cccc(OCc2cscn2)c1. The lowest BCUT2D eigenvalue weighted by Gasteiger charge is -2.26. The van der Waals surface area contributed by atoms with Crippen LogP contribution in [-0.4, -0.2) is 28.1 Å². The van der Waals surface area contributed by atoms with Crippen molar-refractivity contribution in [2.45, 2.75) is 44.4 Å². The zero-order chi connectivity index (χ0) is 16.1. The van der Waals surface area contributed by atoms with Crippen LogP contribution in [0.4, 0.5) is 0 Å². The van der Waals surface area contributed by atoms with Gasteiger partial charge in [-0.15, -0.1) is 11.3 Å². The van der Waals surface area contributed by atoms with E-state index in [1.807, 2.05) is 17.5 Å². The fourth-order valence-corrected chi connectivity index (χ4v) is 3.23. The Labute approximate surface area is 139 Å². The third-order valence-electron chi connectivity index (χ3n) is 4.00. The second kappa shape index (κ2) is 7.57. The average molecular weight is 332 g/mol. The Kier molecular flexibility index (Phi) is 5.25. The van der Waals surface area contributed by atoms with Gasteiger partial charge in [0.2, 0.25) is 0 Å². The van der Waals surface area contributed by atoms with Gasteiger partial charge >= 0.3 is 0 Å². The fraction of sp³-hybridized carbons (Fsp3) is 0.412. The van der Waals surface area contributed by atoms with Crippen molar-refractivity contribution in [1.29, 1.82) is 0 Å². The maximum Gasteiger partial charge on any atom is 0.251 e. The van der Waals surface area contributed by atoms with Crippen molar-refractivity contribution in [3.8, 4) is 5.75 Å². The van der Waals surface area contributed by atoms with Gasteiger partial charge in [-0.05, 0) is 43.9 Å². The molecule has 1 heterocycles. The molecule has 0 spiro atoms. The molecule has 1 aliphatic carbocycles. The third kappa shape index (κ3) is 4.53. The Hall–Kier alpha value is -1.92. The van der Waals surface area contributed by atoms with E-state index in [1.165, 1.54) is 11.3 Å². The summed E-state index contributed by atoms with van der Waals surface area (Å²) >= 11 is 1.53. The Balaban J connectivity index is 1.56. The molecule has 122 valence electrons. The Morgan fingerprint density at radius 3 is 2.91 bits per heavy atom. The molecule has 1 aromatic heterocycles. The Morgan fingerprint density at radius 1 is 1.35 bits per heavy atom. The number of aromatic nitrogens is 1. The normalized spacial score (nSPS) is 20.9. The second-order valence-corrected chi connectivity index (χ2v) is 6.49. The molecule has 2 N–H and O–H groups in total. The fourth-order valence-electron chi connectivity index (χ4n) is 2.68.